The molecule has 1 atom stereocenters. The standard InChI is InChI=1S/C16H18ClNO2S2/c17-13-7-9-14(10-8-13)22(19,20)18-11-3-1-2-5-15(18)16-6-4-12-21-16/h4,6-10,12,15H,1-3,5,11H2/t15-/m0/s1. The summed E-state index contributed by atoms with van der Waals surface area (Å²) in [4.78, 5) is 1.44. The summed E-state index contributed by atoms with van der Waals surface area (Å²) in [5, 5.41) is 2.55. The molecule has 0 saturated carbocycles. The van der Waals surface area contributed by atoms with Gasteiger partial charge in [0.1, 0.15) is 0 Å². The van der Waals surface area contributed by atoms with Gasteiger partial charge in [0.15, 0.2) is 0 Å². The van der Waals surface area contributed by atoms with Gasteiger partial charge in [-0.05, 0) is 48.6 Å². The number of nitrogens with zero attached hydrogens (tertiary/aromatic N) is 1. The summed E-state index contributed by atoms with van der Waals surface area (Å²) >= 11 is 7.51. The maximum absolute atomic E-state index is 13.0. The van der Waals surface area contributed by atoms with Crippen LogP contribution in [0.15, 0.2) is 46.7 Å². The zero-order chi connectivity index (χ0) is 15.6. The van der Waals surface area contributed by atoms with Crippen LogP contribution in [0.5, 0.6) is 0 Å². The average Bonchev–Trinajstić information content (AvgIpc) is 2.91. The Kier molecular flexibility index (Phi) is 4.88. The van der Waals surface area contributed by atoms with E-state index < -0.39 is 10.0 Å². The van der Waals surface area contributed by atoms with Crippen LogP contribution in [0.3, 0.4) is 0 Å². The number of hydrogen-bond acceptors (Lipinski definition) is 3. The molecule has 1 aromatic heterocycles. The molecule has 0 radical (unpaired) electrons. The quantitative estimate of drug-likeness (QED) is 0.799. The summed E-state index contributed by atoms with van der Waals surface area (Å²) in [6, 6.07) is 10.4. The van der Waals surface area contributed by atoms with Crippen molar-refractivity contribution >= 4 is 33.0 Å². The third-order valence-electron chi connectivity index (χ3n) is 4.00. The zero-order valence-electron chi connectivity index (χ0n) is 12.1. The van der Waals surface area contributed by atoms with E-state index in [9.17, 15) is 8.42 Å². The second kappa shape index (κ2) is 6.71. The van der Waals surface area contributed by atoms with Gasteiger partial charge in [-0.3, -0.25) is 0 Å². The first-order valence-corrected chi connectivity index (χ1v) is 10.1. The highest BCUT2D eigenvalue weighted by Gasteiger charge is 2.33. The lowest BCUT2D eigenvalue weighted by molar-refractivity contribution is 0.333. The fourth-order valence-electron chi connectivity index (χ4n) is 2.88. The highest BCUT2D eigenvalue weighted by atomic mass is 35.5. The first-order valence-electron chi connectivity index (χ1n) is 7.40. The molecule has 1 fully saturated rings. The number of sulfonamides is 1. The van der Waals surface area contributed by atoms with Gasteiger partial charge in [0, 0.05) is 16.4 Å². The van der Waals surface area contributed by atoms with Crippen LogP contribution >= 0.6 is 22.9 Å². The summed E-state index contributed by atoms with van der Waals surface area (Å²) in [5.41, 5.74) is 0. The fourth-order valence-corrected chi connectivity index (χ4v) is 5.62. The SMILES string of the molecule is O=S(=O)(c1ccc(Cl)cc1)N1CCCCC[C@H]1c1cccs1. The van der Waals surface area contributed by atoms with Gasteiger partial charge in [-0.1, -0.05) is 30.5 Å². The van der Waals surface area contributed by atoms with E-state index in [4.69, 9.17) is 11.6 Å². The average molecular weight is 356 g/mol. The molecule has 118 valence electrons. The smallest absolute Gasteiger partial charge is 0.207 e. The van der Waals surface area contributed by atoms with E-state index in [0.717, 1.165) is 30.6 Å². The van der Waals surface area contributed by atoms with E-state index in [0.29, 0.717) is 16.5 Å². The Bertz CT molecular complexity index is 711. The van der Waals surface area contributed by atoms with E-state index >= 15 is 0 Å². The number of halogens is 1. The minimum atomic E-state index is -3.50. The molecule has 0 aliphatic carbocycles. The Morgan fingerprint density at radius 3 is 2.55 bits per heavy atom. The van der Waals surface area contributed by atoms with Crippen LogP contribution in [0.4, 0.5) is 0 Å². The maximum atomic E-state index is 13.0. The van der Waals surface area contributed by atoms with Crippen LogP contribution in [0.2, 0.25) is 5.02 Å². The van der Waals surface area contributed by atoms with Crippen molar-refractivity contribution in [3.05, 3.63) is 51.7 Å². The molecule has 0 bridgehead atoms. The summed E-state index contributed by atoms with van der Waals surface area (Å²) in [6.45, 7) is 0.577. The molecule has 22 heavy (non-hydrogen) atoms. The van der Waals surface area contributed by atoms with Gasteiger partial charge >= 0.3 is 0 Å². The lowest BCUT2D eigenvalue weighted by atomic mass is 10.1. The normalized spacial score (nSPS) is 20.7. The fraction of sp³-hybridized carbons (Fsp3) is 0.375. The molecule has 0 amide bonds. The van der Waals surface area contributed by atoms with E-state index in [-0.39, 0.29) is 6.04 Å². The molecule has 3 rings (SSSR count). The molecule has 6 heteroatoms. The van der Waals surface area contributed by atoms with Crippen molar-refractivity contribution in [1.82, 2.24) is 4.31 Å². The van der Waals surface area contributed by atoms with E-state index in [2.05, 4.69) is 0 Å². The van der Waals surface area contributed by atoms with Gasteiger partial charge in [0.2, 0.25) is 10.0 Å². The molecule has 0 spiro atoms. The number of benzene rings is 1. The Morgan fingerprint density at radius 2 is 1.86 bits per heavy atom. The van der Waals surface area contributed by atoms with Crippen LogP contribution < -0.4 is 0 Å². The van der Waals surface area contributed by atoms with E-state index in [1.807, 2.05) is 17.5 Å². The predicted octanol–water partition coefficient (Wildman–Crippen LogP) is 4.71. The molecule has 2 heterocycles. The third kappa shape index (κ3) is 3.23. The van der Waals surface area contributed by atoms with Crippen LogP contribution in [0.1, 0.15) is 36.6 Å². The maximum Gasteiger partial charge on any atom is 0.243 e. The summed E-state index contributed by atoms with van der Waals surface area (Å²) < 4.78 is 27.8. The Morgan fingerprint density at radius 1 is 1.09 bits per heavy atom. The van der Waals surface area contributed by atoms with Crippen molar-refractivity contribution in [3.63, 3.8) is 0 Å². The number of thiophene rings is 1. The van der Waals surface area contributed by atoms with Crippen LogP contribution in [-0.4, -0.2) is 19.3 Å². The minimum absolute atomic E-state index is 0.0526. The number of hydrogen-bond donors (Lipinski definition) is 0. The highest BCUT2D eigenvalue weighted by Crippen LogP contribution is 2.36. The van der Waals surface area contributed by atoms with Crippen LogP contribution in [0, 0.1) is 0 Å². The molecule has 1 saturated heterocycles. The first kappa shape index (κ1) is 16.0. The second-order valence-corrected chi connectivity index (χ2v) is 8.76. The van der Waals surface area contributed by atoms with Crippen LogP contribution in [-0.2, 0) is 10.0 Å². The summed E-state index contributed by atoms with van der Waals surface area (Å²) in [7, 11) is -3.50. The zero-order valence-corrected chi connectivity index (χ0v) is 14.5. The van der Waals surface area contributed by atoms with Gasteiger partial charge in [0.05, 0.1) is 10.9 Å². The molecule has 1 aliphatic heterocycles. The van der Waals surface area contributed by atoms with Gasteiger partial charge in [0.25, 0.3) is 0 Å². The molecule has 2 aromatic rings. The largest absolute Gasteiger partial charge is 0.243 e. The van der Waals surface area contributed by atoms with Crippen molar-refractivity contribution in [3.8, 4) is 0 Å². The molecule has 1 aliphatic rings. The molecular formula is C16H18ClNO2S2. The van der Waals surface area contributed by atoms with Crippen molar-refractivity contribution in [2.45, 2.75) is 36.6 Å². The van der Waals surface area contributed by atoms with Crippen molar-refractivity contribution < 1.29 is 8.42 Å². The number of rotatable bonds is 3. The first-order chi connectivity index (χ1) is 10.6. The second-order valence-electron chi connectivity index (χ2n) is 5.45. The van der Waals surface area contributed by atoms with Gasteiger partial charge in [-0.15, -0.1) is 11.3 Å². The third-order valence-corrected chi connectivity index (χ3v) is 7.14. The monoisotopic (exact) mass is 355 g/mol. The predicted molar refractivity (Wildman–Crippen MR) is 90.9 cm³/mol. The minimum Gasteiger partial charge on any atom is -0.207 e. The Labute approximate surface area is 140 Å². The lowest BCUT2D eigenvalue weighted by Gasteiger charge is -2.28. The van der Waals surface area contributed by atoms with Crippen molar-refractivity contribution in [1.29, 1.82) is 0 Å². The summed E-state index contributed by atoms with van der Waals surface area (Å²) in [6.07, 6.45) is 3.94. The lowest BCUT2D eigenvalue weighted by Crippen LogP contribution is -2.34. The Balaban J connectivity index is 1.99. The van der Waals surface area contributed by atoms with Gasteiger partial charge < -0.3 is 0 Å². The molecule has 0 N–H and O–H groups in total. The van der Waals surface area contributed by atoms with E-state index in [1.54, 1.807) is 39.9 Å². The topological polar surface area (TPSA) is 37.4 Å². The van der Waals surface area contributed by atoms with Crippen LogP contribution in [0.25, 0.3) is 0 Å². The van der Waals surface area contributed by atoms with Gasteiger partial charge in [-0.25, -0.2) is 8.42 Å². The molecule has 1 aromatic carbocycles. The van der Waals surface area contributed by atoms with Crippen molar-refractivity contribution in [2.75, 3.05) is 6.54 Å². The molecule has 0 unspecified atom stereocenters. The summed E-state index contributed by atoms with van der Waals surface area (Å²) in [5.74, 6) is 0. The Hall–Kier alpha value is -0.880. The van der Waals surface area contributed by atoms with E-state index in [1.165, 1.54) is 0 Å². The molecule has 3 nitrogen and oxygen atoms in total. The van der Waals surface area contributed by atoms with Crippen molar-refractivity contribution in [2.24, 2.45) is 0 Å². The molecular weight excluding hydrogens is 338 g/mol. The highest BCUT2D eigenvalue weighted by molar-refractivity contribution is 7.89. The van der Waals surface area contributed by atoms with Gasteiger partial charge in [-0.2, -0.15) is 4.31 Å².